The summed E-state index contributed by atoms with van der Waals surface area (Å²) in [7, 11) is 0. The van der Waals surface area contributed by atoms with Crippen LogP contribution in [-0.2, 0) is 33.5 Å². The number of hydrogen-bond donors (Lipinski definition) is 1. The van der Waals surface area contributed by atoms with E-state index in [4.69, 9.17) is 21.1 Å². The number of rotatable bonds is 13. The number of β-amino-alcohol motifs (C(OH)–C–C–N with tert-alkyl or cyclic N) is 1. The van der Waals surface area contributed by atoms with Crippen LogP contribution in [0.15, 0.2) is 30.3 Å². The van der Waals surface area contributed by atoms with E-state index >= 15 is 0 Å². The average molecular weight is 534 g/mol. The molecule has 1 heterocycles. The van der Waals surface area contributed by atoms with E-state index in [1.807, 2.05) is 13.0 Å². The lowest BCUT2D eigenvalue weighted by Gasteiger charge is -2.28. The molecule has 204 valence electrons. The van der Waals surface area contributed by atoms with Gasteiger partial charge in [0.1, 0.15) is 5.82 Å². The number of carbonyl (C=O) groups excluding carboxylic acids is 1. The highest BCUT2D eigenvalue weighted by Crippen LogP contribution is 2.27. The Morgan fingerprint density at radius 3 is 2.76 bits per heavy atom. The number of halogens is 2. The van der Waals surface area contributed by atoms with Gasteiger partial charge in [-0.1, -0.05) is 36.7 Å². The second kappa shape index (κ2) is 14.2. The van der Waals surface area contributed by atoms with Crippen molar-refractivity contribution in [3.8, 4) is 0 Å². The van der Waals surface area contributed by atoms with E-state index in [1.165, 1.54) is 17.2 Å². The molecule has 0 unspecified atom stereocenters. The van der Waals surface area contributed by atoms with Gasteiger partial charge in [0.25, 0.3) is 0 Å². The maximum atomic E-state index is 14.4. The first-order valence-corrected chi connectivity index (χ1v) is 13.8. The molecule has 1 aliphatic rings. The van der Waals surface area contributed by atoms with Crippen LogP contribution in [0.2, 0.25) is 5.02 Å². The molecule has 0 saturated carbocycles. The van der Waals surface area contributed by atoms with Crippen molar-refractivity contribution < 1.29 is 23.8 Å². The third-order valence-electron chi connectivity index (χ3n) is 7.21. The Labute approximate surface area is 225 Å². The van der Waals surface area contributed by atoms with Crippen LogP contribution in [0, 0.1) is 12.7 Å². The van der Waals surface area contributed by atoms with Crippen LogP contribution in [0.1, 0.15) is 74.0 Å². The number of aliphatic hydroxyl groups is 1. The Kier molecular flexibility index (Phi) is 11.4. The van der Waals surface area contributed by atoms with Gasteiger partial charge in [-0.25, -0.2) is 4.39 Å². The van der Waals surface area contributed by atoms with Crippen LogP contribution in [0.25, 0.3) is 0 Å². The van der Waals surface area contributed by atoms with Crippen LogP contribution < -0.4 is 0 Å². The SMILES string of the molecule is CCOC(=O)CCc1cc(C)c(F)cc1[C@@H](C)OC[C@H](O)CN1CCC[C@H]1Cc1ccc(Cl)c(CC)c1. The molecule has 0 aromatic heterocycles. The fourth-order valence-electron chi connectivity index (χ4n) is 5.15. The number of nitrogens with zero attached hydrogens (tertiary/aromatic N) is 1. The molecule has 1 saturated heterocycles. The van der Waals surface area contributed by atoms with Crippen molar-refractivity contribution in [1.29, 1.82) is 0 Å². The quantitative estimate of drug-likeness (QED) is 0.320. The van der Waals surface area contributed by atoms with Gasteiger partial charge in [0.2, 0.25) is 0 Å². The summed E-state index contributed by atoms with van der Waals surface area (Å²) in [4.78, 5) is 14.2. The summed E-state index contributed by atoms with van der Waals surface area (Å²) in [5.74, 6) is -0.580. The fourth-order valence-corrected chi connectivity index (χ4v) is 5.41. The van der Waals surface area contributed by atoms with E-state index in [0.717, 1.165) is 42.8 Å². The van der Waals surface area contributed by atoms with Crippen molar-refractivity contribution in [2.24, 2.45) is 0 Å². The van der Waals surface area contributed by atoms with E-state index in [2.05, 4.69) is 24.0 Å². The maximum absolute atomic E-state index is 14.4. The first-order valence-electron chi connectivity index (χ1n) is 13.5. The van der Waals surface area contributed by atoms with Gasteiger partial charge in [-0.15, -0.1) is 0 Å². The molecule has 2 aromatic carbocycles. The molecular formula is C30H41ClFNO4. The first kappa shape index (κ1) is 29.6. The van der Waals surface area contributed by atoms with Crippen molar-refractivity contribution in [3.05, 3.63) is 69.0 Å². The van der Waals surface area contributed by atoms with Gasteiger partial charge in [0, 0.05) is 24.0 Å². The second-order valence-electron chi connectivity index (χ2n) is 10.0. The number of carbonyl (C=O) groups is 1. The topological polar surface area (TPSA) is 59.0 Å². The Morgan fingerprint density at radius 1 is 1.24 bits per heavy atom. The molecule has 3 atom stereocenters. The molecule has 0 aliphatic carbocycles. The minimum absolute atomic E-state index is 0.151. The zero-order chi connectivity index (χ0) is 26.9. The lowest BCUT2D eigenvalue weighted by atomic mass is 9.96. The summed E-state index contributed by atoms with van der Waals surface area (Å²) in [5, 5.41) is 11.6. The summed E-state index contributed by atoms with van der Waals surface area (Å²) in [6.45, 7) is 9.42. The normalized spacial score (nSPS) is 17.6. The zero-order valence-corrected chi connectivity index (χ0v) is 23.3. The largest absolute Gasteiger partial charge is 0.466 e. The smallest absolute Gasteiger partial charge is 0.306 e. The highest BCUT2D eigenvalue weighted by molar-refractivity contribution is 6.31. The molecular weight excluding hydrogens is 493 g/mol. The standard InChI is InChI=1S/C30H41ClFNO4/c1-5-23-15-22(9-11-28(23)31)16-25-8-7-13-33(25)18-26(34)19-37-21(4)27-17-29(32)20(3)14-24(27)10-12-30(35)36-6-2/h9,11,14-15,17,21,25-26,34H,5-8,10,12-13,16,18-19H2,1-4H3/t21-,25+,26-/m1/s1. The van der Waals surface area contributed by atoms with E-state index < -0.39 is 12.2 Å². The molecule has 37 heavy (non-hydrogen) atoms. The summed E-state index contributed by atoms with van der Waals surface area (Å²) in [6, 6.07) is 9.90. The number of aryl methyl sites for hydroxylation is 3. The van der Waals surface area contributed by atoms with Crippen LogP contribution in [0.4, 0.5) is 4.39 Å². The van der Waals surface area contributed by atoms with Crippen LogP contribution in [-0.4, -0.2) is 54.4 Å². The van der Waals surface area contributed by atoms with Gasteiger partial charge in [-0.2, -0.15) is 0 Å². The van der Waals surface area contributed by atoms with Crippen molar-refractivity contribution in [1.82, 2.24) is 4.90 Å². The summed E-state index contributed by atoms with van der Waals surface area (Å²) < 4.78 is 25.4. The predicted octanol–water partition coefficient (Wildman–Crippen LogP) is 5.99. The predicted molar refractivity (Wildman–Crippen MR) is 146 cm³/mol. The lowest BCUT2D eigenvalue weighted by Crippen LogP contribution is -2.39. The van der Waals surface area contributed by atoms with Gasteiger partial charge in [0.15, 0.2) is 0 Å². The van der Waals surface area contributed by atoms with E-state index in [-0.39, 0.29) is 24.8 Å². The summed E-state index contributed by atoms with van der Waals surface area (Å²) in [6.07, 6.45) is 3.65. The minimum atomic E-state index is -0.655. The molecule has 2 aromatic rings. The molecule has 0 bridgehead atoms. The molecule has 3 rings (SSSR count). The van der Waals surface area contributed by atoms with E-state index in [9.17, 15) is 14.3 Å². The number of aliphatic hydroxyl groups excluding tert-OH is 1. The molecule has 1 fully saturated rings. The van der Waals surface area contributed by atoms with Crippen LogP contribution >= 0.6 is 11.6 Å². The van der Waals surface area contributed by atoms with Gasteiger partial charge in [-0.3, -0.25) is 9.69 Å². The Balaban J connectivity index is 1.56. The maximum Gasteiger partial charge on any atom is 0.306 e. The first-order chi connectivity index (χ1) is 17.7. The zero-order valence-electron chi connectivity index (χ0n) is 22.6. The molecule has 1 N–H and O–H groups in total. The van der Waals surface area contributed by atoms with E-state index in [0.29, 0.717) is 36.7 Å². The number of esters is 1. The Bertz CT molecular complexity index is 1050. The van der Waals surface area contributed by atoms with E-state index in [1.54, 1.807) is 19.9 Å². The Morgan fingerprint density at radius 2 is 2.03 bits per heavy atom. The number of ether oxygens (including phenoxy) is 2. The van der Waals surface area contributed by atoms with Crippen LogP contribution in [0.5, 0.6) is 0 Å². The molecule has 7 heteroatoms. The third kappa shape index (κ3) is 8.51. The Hall–Kier alpha value is -1.99. The number of benzene rings is 2. The highest BCUT2D eigenvalue weighted by Gasteiger charge is 2.27. The van der Waals surface area contributed by atoms with Gasteiger partial charge in [-0.05, 0) is 99.4 Å². The van der Waals surface area contributed by atoms with Crippen molar-refractivity contribution in [2.75, 3.05) is 26.3 Å². The number of likely N-dealkylation sites (tertiary alicyclic amines) is 1. The fraction of sp³-hybridized carbons (Fsp3) is 0.567. The summed E-state index contributed by atoms with van der Waals surface area (Å²) >= 11 is 6.29. The monoisotopic (exact) mass is 533 g/mol. The lowest BCUT2D eigenvalue weighted by molar-refractivity contribution is -0.143. The number of hydrogen-bond acceptors (Lipinski definition) is 5. The van der Waals surface area contributed by atoms with Crippen molar-refractivity contribution in [3.63, 3.8) is 0 Å². The second-order valence-corrected chi connectivity index (χ2v) is 10.4. The molecule has 0 amide bonds. The molecule has 1 aliphatic heterocycles. The average Bonchev–Trinajstić information content (AvgIpc) is 3.30. The minimum Gasteiger partial charge on any atom is -0.466 e. The summed E-state index contributed by atoms with van der Waals surface area (Å²) in [5.41, 5.74) is 4.53. The molecule has 0 radical (unpaired) electrons. The highest BCUT2D eigenvalue weighted by atomic mass is 35.5. The van der Waals surface area contributed by atoms with Gasteiger partial charge < -0.3 is 14.6 Å². The van der Waals surface area contributed by atoms with Gasteiger partial charge in [0.05, 0.1) is 25.4 Å². The molecule has 0 spiro atoms. The van der Waals surface area contributed by atoms with Crippen LogP contribution in [0.3, 0.4) is 0 Å². The molecule has 5 nitrogen and oxygen atoms in total. The van der Waals surface area contributed by atoms with Crippen molar-refractivity contribution in [2.45, 2.75) is 84.5 Å². The van der Waals surface area contributed by atoms with Crippen molar-refractivity contribution >= 4 is 17.6 Å². The third-order valence-corrected chi connectivity index (χ3v) is 7.58. The van der Waals surface area contributed by atoms with Gasteiger partial charge >= 0.3 is 5.97 Å².